The van der Waals surface area contributed by atoms with Crippen LogP contribution in [-0.2, 0) is 4.74 Å². The number of halogens is 1. The van der Waals surface area contributed by atoms with Gasteiger partial charge in [0.25, 0.3) is 5.91 Å². The molecule has 1 aliphatic heterocycles. The van der Waals surface area contributed by atoms with Crippen molar-refractivity contribution >= 4 is 5.91 Å². The van der Waals surface area contributed by atoms with Crippen molar-refractivity contribution in [2.45, 2.75) is 13.0 Å². The van der Waals surface area contributed by atoms with Gasteiger partial charge in [-0.25, -0.2) is 9.18 Å². The van der Waals surface area contributed by atoms with Gasteiger partial charge >= 0.3 is 5.69 Å². The van der Waals surface area contributed by atoms with E-state index in [4.69, 9.17) is 4.74 Å². The van der Waals surface area contributed by atoms with E-state index >= 15 is 0 Å². The zero-order valence-electron chi connectivity index (χ0n) is 17.3. The van der Waals surface area contributed by atoms with E-state index in [1.54, 1.807) is 41.1 Å². The molecule has 2 heterocycles. The van der Waals surface area contributed by atoms with Crippen molar-refractivity contribution in [2.75, 3.05) is 32.8 Å². The minimum Gasteiger partial charge on any atom is -0.379 e. The lowest BCUT2D eigenvalue weighted by molar-refractivity contribution is 0.0162. The molecule has 1 aromatic heterocycles. The first-order valence-corrected chi connectivity index (χ1v) is 10.3. The number of benzene rings is 2. The average Bonchev–Trinajstić information content (AvgIpc) is 3.12. The van der Waals surface area contributed by atoms with Gasteiger partial charge in [0.15, 0.2) is 0 Å². The predicted molar refractivity (Wildman–Crippen MR) is 115 cm³/mol. The van der Waals surface area contributed by atoms with Crippen LogP contribution in [-0.4, -0.2) is 53.2 Å². The van der Waals surface area contributed by atoms with E-state index < -0.39 is 0 Å². The van der Waals surface area contributed by atoms with Crippen LogP contribution in [0, 0.1) is 12.7 Å². The summed E-state index contributed by atoms with van der Waals surface area (Å²) in [6.45, 7) is 4.84. The van der Waals surface area contributed by atoms with E-state index in [1.165, 1.54) is 12.1 Å². The summed E-state index contributed by atoms with van der Waals surface area (Å²) in [4.78, 5) is 29.5. The number of aryl methyl sites for hydroxylation is 1. The Kier molecular flexibility index (Phi) is 6.29. The van der Waals surface area contributed by atoms with Crippen LogP contribution in [0.25, 0.3) is 5.69 Å². The molecule has 1 saturated heterocycles. The predicted octanol–water partition coefficient (Wildman–Crippen LogP) is 2.42. The molecule has 0 aliphatic carbocycles. The normalized spacial score (nSPS) is 15.5. The van der Waals surface area contributed by atoms with Crippen LogP contribution >= 0.6 is 0 Å². The fourth-order valence-electron chi connectivity index (χ4n) is 3.89. The number of carbonyl (C=O) groups is 1. The highest BCUT2D eigenvalue weighted by Crippen LogP contribution is 2.22. The van der Waals surface area contributed by atoms with E-state index in [0.717, 1.165) is 24.3 Å². The first-order chi connectivity index (χ1) is 15.0. The molecule has 31 heavy (non-hydrogen) atoms. The number of ether oxygens (including phenoxy) is 1. The SMILES string of the molecule is Cc1c[nH]c(=O)n1-c1ccc(C(=O)NCC(c2cccc(F)c2)N2CCOCC2)cc1. The standard InChI is InChI=1S/C23H25FN4O3/c1-16-14-26-23(30)28(16)20-7-5-17(6-8-20)22(29)25-15-21(27-9-11-31-12-10-27)18-3-2-4-19(24)13-18/h2-8,13-14,21H,9-12,15H2,1H3,(H,25,29)(H,26,30). The maximum Gasteiger partial charge on any atom is 0.330 e. The fraction of sp³-hybridized carbons (Fsp3) is 0.304. The van der Waals surface area contributed by atoms with Gasteiger partial charge in [0.05, 0.1) is 24.9 Å². The first-order valence-electron chi connectivity index (χ1n) is 10.3. The maximum absolute atomic E-state index is 13.8. The largest absolute Gasteiger partial charge is 0.379 e. The highest BCUT2D eigenvalue weighted by Gasteiger charge is 2.23. The summed E-state index contributed by atoms with van der Waals surface area (Å²) < 4.78 is 20.8. The minimum absolute atomic E-state index is 0.149. The third-order valence-corrected chi connectivity index (χ3v) is 5.52. The molecule has 2 aromatic carbocycles. The molecule has 1 fully saturated rings. The number of nitrogens with zero attached hydrogens (tertiary/aromatic N) is 2. The number of carbonyl (C=O) groups excluding carboxylic acids is 1. The Morgan fingerprint density at radius 1 is 1.19 bits per heavy atom. The summed E-state index contributed by atoms with van der Waals surface area (Å²) in [5, 5.41) is 2.97. The number of aromatic nitrogens is 2. The highest BCUT2D eigenvalue weighted by atomic mass is 19.1. The summed E-state index contributed by atoms with van der Waals surface area (Å²) in [7, 11) is 0. The van der Waals surface area contributed by atoms with E-state index in [9.17, 15) is 14.0 Å². The summed E-state index contributed by atoms with van der Waals surface area (Å²) in [6, 6.07) is 13.2. The van der Waals surface area contributed by atoms with Crippen molar-refractivity contribution in [3.8, 4) is 5.69 Å². The van der Waals surface area contributed by atoms with Crippen LogP contribution in [0.15, 0.2) is 59.5 Å². The van der Waals surface area contributed by atoms with E-state index in [2.05, 4.69) is 15.2 Å². The molecule has 8 heteroatoms. The third-order valence-electron chi connectivity index (χ3n) is 5.52. The van der Waals surface area contributed by atoms with Crippen molar-refractivity contribution in [3.05, 3.63) is 87.9 Å². The summed E-state index contributed by atoms with van der Waals surface area (Å²) in [5.74, 6) is -0.521. The molecule has 0 bridgehead atoms. The van der Waals surface area contributed by atoms with Crippen LogP contribution in [0.1, 0.15) is 27.7 Å². The van der Waals surface area contributed by atoms with Gasteiger partial charge in [-0.05, 0) is 48.9 Å². The first kappa shape index (κ1) is 21.0. The molecule has 3 aromatic rings. The van der Waals surface area contributed by atoms with Crippen molar-refractivity contribution in [1.82, 2.24) is 19.8 Å². The average molecular weight is 424 g/mol. The second kappa shape index (κ2) is 9.28. The monoisotopic (exact) mass is 424 g/mol. The zero-order chi connectivity index (χ0) is 21.8. The molecule has 2 N–H and O–H groups in total. The van der Waals surface area contributed by atoms with E-state index in [0.29, 0.717) is 31.0 Å². The van der Waals surface area contributed by atoms with Gasteiger partial charge in [0, 0.05) is 37.1 Å². The van der Waals surface area contributed by atoms with Crippen LogP contribution in [0.5, 0.6) is 0 Å². The minimum atomic E-state index is -0.298. The Bertz CT molecular complexity index is 1100. The number of H-pyrrole nitrogens is 1. The highest BCUT2D eigenvalue weighted by molar-refractivity contribution is 5.94. The second-order valence-corrected chi connectivity index (χ2v) is 7.55. The molecule has 1 amide bonds. The van der Waals surface area contributed by atoms with Crippen molar-refractivity contribution in [1.29, 1.82) is 0 Å². The molecule has 0 spiro atoms. The van der Waals surface area contributed by atoms with Gasteiger partial charge in [-0.15, -0.1) is 0 Å². The van der Waals surface area contributed by atoms with Gasteiger partial charge in [0.1, 0.15) is 5.82 Å². The van der Waals surface area contributed by atoms with Crippen molar-refractivity contribution < 1.29 is 13.9 Å². The number of rotatable bonds is 6. The quantitative estimate of drug-likeness (QED) is 0.637. The molecule has 0 saturated carbocycles. The smallest absolute Gasteiger partial charge is 0.330 e. The molecule has 1 aliphatic rings. The van der Waals surface area contributed by atoms with Crippen LogP contribution in [0.4, 0.5) is 4.39 Å². The molecule has 162 valence electrons. The Morgan fingerprint density at radius 3 is 2.58 bits per heavy atom. The lowest BCUT2D eigenvalue weighted by atomic mass is 10.0. The van der Waals surface area contributed by atoms with Gasteiger partial charge in [-0.1, -0.05) is 12.1 Å². The summed E-state index contributed by atoms with van der Waals surface area (Å²) in [5.41, 5.74) is 2.56. The van der Waals surface area contributed by atoms with Gasteiger partial charge in [-0.3, -0.25) is 14.3 Å². The van der Waals surface area contributed by atoms with Crippen LogP contribution in [0.3, 0.4) is 0 Å². The lowest BCUT2D eigenvalue weighted by Gasteiger charge is -2.35. The summed E-state index contributed by atoms with van der Waals surface area (Å²) in [6.07, 6.45) is 1.64. The Labute approximate surface area is 179 Å². The van der Waals surface area contributed by atoms with E-state index in [1.807, 2.05) is 13.0 Å². The van der Waals surface area contributed by atoms with Gasteiger partial charge < -0.3 is 15.0 Å². The fourth-order valence-corrected chi connectivity index (χ4v) is 3.89. The lowest BCUT2D eigenvalue weighted by Crippen LogP contribution is -2.43. The number of aromatic amines is 1. The van der Waals surface area contributed by atoms with Crippen LogP contribution < -0.4 is 11.0 Å². The third kappa shape index (κ3) is 4.76. The zero-order valence-corrected chi connectivity index (χ0v) is 17.3. The van der Waals surface area contributed by atoms with E-state index in [-0.39, 0.29) is 23.5 Å². The Morgan fingerprint density at radius 2 is 1.94 bits per heavy atom. The van der Waals surface area contributed by atoms with Gasteiger partial charge in [-0.2, -0.15) is 0 Å². The molecule has 1 unspecified atom stereocenters. The number of hydrogen-bond donors (Lipinski definition) is 2. The van der Waals surface area contributed by atoms with Gasteiger partial charge in [0.2, 0.25) is 0 Å². The number of hydrogen-bond acceptors (Lipinski definition) is 4. The topological polar surface area (TPSA) is 79.4 Å². The molecular formula is C23H25FN4O3. The second-order valence-electron chi connectivity index (χ2n) is 7.55. The number of morpholine rings is 1. The molecule has 4 rings (SSSR count). The maximum atomic E-state index is 13.8. The molecule has 7 nitrogen and oxygen atoms in total. The molecular weight excluding hydrogens is 399 g/mol. The Balaban J connectivity index is 1.48. The number of imidazole rings is 1. The number of nitrogens with one attached hydrogen (secondary N) is 2. The molecule has 1 atom stereocenters. The molecule has 0 radical (unpaired) electrons. The van der Waals surface area contributed by atoms with Crippen LogP contribution in [0.2, 0.25) is 0 Å². The Hall–Kier alpha value is -3.23. The number of amides is 1. The summed E-state index contributed by atoms with van der Waals surface area (Å²) >= 11 is 0. The van der Waals surface area contributed by atoms with Crippen molar-refractivity contribution in [2.24, 2.45) is 0 Å². The van der Waals surface area contributed by atoms with Crippen molar-refractivity contribution in [3.63, 3.8) is 0 Å².